The third-order valence-electron chi connectivity index (χ3n) is 2.98. The number of hydrogen-bond acceptors (Lipinski definition) is 5. The summed E-state index contributed by atoms with van der Waals surface area (Å²) in [6.07, 6.45) is -0.202. The molecule has 5 nitrogen and oxygen atoms in total. The normalized spacial score (nSPS) is 21.4. The van der Waals surface area contributed by atoms with Crippen molar-refractivity contribution in [2.75, 3.05) is 13.2 Å². The number of ether oxygens (including phenoxy) is 2. The Morgan fingerprint density at radius 3 is 2.89 bits per heavy atom. The minimum absolute atomic E-state index is 0.0140. The molecule has 0 amide bonds. The van der Waals surface area contributed by atoms with E-state index in [1.165, 1.54) is 0 Å². The molecular weight excluding hydrogens is 232 g/mol. The van der Waals surface area contributed by atoms with Crippen LogP contribution in [0.2, 0.25) is 0 Å². The minimum atomic E-state index is -0.606. The quantitative estimate of drug-likeness (QED) is 0.664. The highest BCUT2D eigenvalue weighted by molar-refractivity contribution is 5.40. The van der Waals surface area contributed by atoms with Gasteiger partial charge in [0.1, 0.15) is 18.9 Å². The summed E-state index contributed by atoms with van der Waals surface area (Å²) in [7, 11) is 0. The van der Waals surface area contributed by atoms with Crippen LogP contribution in [-0.4, -0.2) is 36.6 Å². The van der Waals surface area contributed by atoms with Crippen molar-refractivity contribution in [3.8, 4) is 11.5 Å². The Labute approximate surface area is 107 Å². The van der Waals surface area contributed by atoms with Gasteiger partial charge in [-0.1, -0.05) is 12.1 Å². The molecular formula is C13H20N2O3. The van der Waals surface area contributed by atoms with E-state index in [1.807, 2.05) is 31.2 Å². The second-order valence-electron chi connectivity index (χ2n) is 4.46. The second-order valence-corrected chi connectivity index (χ2v) is 4.46. The molecule has 1 aliphatic heterocycles. The van der Waals surface area contributed by atoms with Crippen LogP contribution < -0.4 is 20.5 Å². The Morgan fingerprint density at radius 2 is 2.17 bits per heavy atom. The maximum atomic E-state index is 9.66. The van der Waals surface area contributed by atoms with Gasteiger partial charge in [0.05, 0.1) is 0 Å². The fourth-order valence-corrected chi connectivity index (χ4v) is 1.93. The Kier molecular flexibility index (Phi) is 4.41. The first-order chi connectivity index (χ1) is 8.70. The lowest BCUT2D eigenvalue weighted by atomic mass is 10.1. The second kappa shape index (κ2) is 6.04. The van der Waals surface area contributed by atoms with E-state index in [0.717, 1.165) is 11.5 Å². The van der Waals surface area contributed by atoms with E-state index in [9.17, 15) is 5.11 Å². The number of aliphatic hydroxyl groups is 1. The molecule has 1 aromatic carbocycles. The lowest BCUT2D eigenvalue weighted by molar-refractivity contribution is 0.0369. The van der Waals surface area contributed by atoms with Gasteiger partial charge in [-0.05, 0) is 32.0 Å². The zero-order chi connectivity index (χ0) is 13.0. The average Bonchev–Trinajstić information content (AvgIpc) is 2.38. The molecule has 0 aromatic heterocycles. The van der Waals surface area contributed by atoms with Gasteiger partial charge >= 0.3 is 0 Å². The summed E-state index contributed by atoms with van der Waals surface area (Å²) in [5.74, 6) is 1.51. The standard InChI is InChI=1S/C13H20N2O3/c1-9(15-13(16)6-7-14)12-8-17-10-4-2-3-5-11(10)18-12/h2-5,9,12-13,15-16H,6-8,14H2,1H3. The van der Waals surface area contributed by atoms with Gasteiger partial charge in [-0.25, -0.2) is 0 Å². The number of hydrogen-bond donors (Lipinski definition) is 3. The van der Waals surface area contributed by atoms with Crippen LogP contribution in [0.5, 0.6) is 11.5 Å². The number of para-hydroxylation sites is 2. The summed E-state index contributed by atoms with van der Waals surface area (Å²) in [6.45, 7) is 2.88. The predicted molar refractivity (Wildman–Crippen MR) is 68.6 cm³/mol. The van der Waals surface area contributed by atoms with Crippen molar-refractivity contribution in [1.82, 2.24) is 5.32 Å². The van der Waals surface area contributed by atoms with Crippen molar-refractivity contribution in [3.63, 3.8) is 0 Å². The van der Waals surface area contributed by atoms with Gasteiger partial charge in [-0.3, -0.25) is 5.32 Å². The molecule has 100 valence electrons. The largest absolute Gasteiger partial charge is 0.486 e. The molecule has 0 aliphatic carbocycles. The smallest absolute Gasteiger partial charge is 0.161 e. The van der Waals surface area contributed by atoms with Crippen LogP contribution in [0.15, 0.2) is 24.3 Å². The van der Waals surface area contributed by atoms with E-state index in [-0.39, 0.29) is 12.1 Å². The van der Waals surface area contributed by atoms with Crippen LogP contribution in [0.3, 0.4) is 0 Å². The van der Waals surface area contributed by atoms with Gasteiger partial charge < -0.3 is 20.3 Å². The van der Waals surface area contributed by atoms with Crippen molar-refractivity contribution < 1.29 is 14.6 Å². The van der Waals surface area contributed by atoms with E-state index in [4.69, 9.17) is 15.2 Å². The fourth-order valence-electron chi connectivity index (χ4n) is 1.93. The van der Waals surface area contributed by atoms with Gasteiger partial charge in [-0.2, -0.15) is 0 Å². The molecule has 0 spiro atoms. The van der Waals surface area contributed by atoms with E-state index in [1.54, 1.807) is 0 Å². The Morgan fingerprint density at radius 1 is 1.44 bits per heavy atom. The Bertz CT molecular complexity index is 386. The maximum Gasteiger partial charge on any atom is 0.161 e. The van der Waals surface area contributed by atoms with Crippen molar-refractivity contribution in [3.05, 3.63) is 24.3 Å². The van der Waals surface area contributed by atoms with Gasteiger partial charge in [0, 0.05) is 6.04 Å². The lowest BCUT2D eigenvalue weighted by Crippen LogP contribution is -2.49. The van der Waals surface area contributed by atoms with Crippen molar-refractivity contribution in [2.45, 2.75) is 31.7 Å². The summed E-state index contributed by atoms with van der Waals surface area (Å²) in [5.41, 5.74) is 5.39. The molecule has 0 bridgehead atoms. The molecule has 5 heteroatoms. The average molecular weight is 252 g/mol. The molecule has 3 atom stereocenters. The van der Waals surface area contributed by atoms with Crippen LogP contribution in [0, 0.1) is 0 Å². The molecule has 18 heavy (non-hydrogen) atoms. The number of rotatable bonds is 5. The summed E-state index contributed by atoms with van der Waals surface area (Å²) < 4.78 is 11.5. The van der Waals surface area contributed by atoms with Gasteiger partial charge in [0.25, 0.3) is 0 Å². The molecule has 0 fully saturated rings. The molecule has 2 rings (SSSR count). The zero-order valence-corrected chi connectivity index (χ0v) is 10.5. The number of benzene rings is 1. The molecule has 0 radical (unpaired) electrons. The van der Waals surface area contributed by atoms with E-state index < -0.39 is 6.23 Å². The summed E-state index contributed by atoms with van der Waals surface area (Å²) in [5, 5.41) is 12.7. The molecule has 1 aromatic rings. The van der Waals surface area contributed by atoms with Crippen molar-refractivity contribution in [2.24, 2.45) is 5.73 Å². The number of nitrogens with two attached hydrogens (primary N) is 1. The summed E-state index contributed by atoms with van der Waals surface area (Å²) in [4.78, 5) is 0. The maximum absolute atomic E-state index is 9.66. The molecule has 1 aliphatic rings. The van der Waals surface area contributed by atoms with Crippen molar-refractivity contribution >= 4 is 0 Å². The highest BCUT2D eigenvalue weighted by Crippen LogP contribution is 2.31. The summed E-state index contributed by atoms with van der Waals surface area (Å²) in [6, 6.07) is 7.57. The third-order valence-corrected chi connectivity index (χ3v) is 2.98. The number of fused-ring (bicyclic) bond motifs is 1. The molecule has 4 N–H and O–H groups in total. The minimum Gasteiger partial charge on any atom is -0.486 e. The van der Waals surface area contributed by atoms with Crippen LogP contribution in [0.1, 0.15) is 13.3 Å². The third kappa shape index (κ3) is 3.13. The van der Waals surface area contributed by atoms with Crippen molar-refractivity contribution in [1.29, 1.82) is 0 Å². The number of nitrogens with one attached hydrogen (secondary N) is 1. The zero-order valence-electron chi connectivity index (χ0n) is 10.5. The Balaban J connectivity index is 1.92. The first-order valence-electron chi connectivity index (χ1n) is 6.23. The van der Waals surface area contributed by atoms with Gasteiger partial charge in [0.15, 0.2) is 11.5 Å². The molecule has 0 saturated carbocycles. The van der Waals surface area contributed by atoms with E-state index >= 15 is 0 Å². The Hall–Kier alpha value is -1.30. The first kappa shape index (κ1) is 13.1. The van der Waals surface area contributed by atoms with E-state index in [2.05, 4.69) is 5.32 Å². The van der Waals surface area contributed by atoms with Gasteiger partial charge in [-0.15, -0.1) is 0 Å². The molecule has 3 unspecified atom stereocenters. The molecule has 0 saturated heterocycles. The molecule has 1 heterocycles. The lowest BCUT2D eigenvalue weighted by Gasteiger charge is -2.32. The number of aliphatic hydroxyl groups excluding tert-OH is 1. The van der Waals surface area contributed by atoms with Gasteiger partial charge in [0.2, 0.25) is 0 Å². The first-order valence-corrected chi connectivity index (χ1v) is 6.23. The fraction of sp³-hybridized carbons (Fsp3) is 0.538. The van der Waals surface area contributed by atoms with Crippen LogP contribution in [0.4, 0.5) is 0 Å². The highest BCUT2D eigenvalue weighted by Gasteiger charge is 2.26. The monoisotopic (exact) mass is 252 g/mol. The summed E-state index contributed by atoms with van der Waals surface area (Å²) >= 11 is 0. The van der Waals surface area contributed by atoms with Crippen LogP contribution >= 0.6 is 0 Å². The van der Waals surface area contributed by atoms with Crippen LogP contribution in [0.25, 0.3) is 0 Å². The highest BCUT2D eigenvalue weighted by atomic mass is 16.6. The predicted octanol–water partition coefficient (Wildman–Crippen LogP) is 0.472. The SMILES string of the molecule is CC(NC(O)CCN)C1COc2ccccc2O1. The topological polar surface area (TPSA) is 76.7 Å². The van der Waals surface area contributed by atoms with E-state index in [0.29, 0.717) is 19.6 Å². The van der Waals surface area contributed by atoms with Crippen LogP contribution in [-0.2, 0) is 0 Å².